The number of amides is 1. The smallest absolute Gasteiger partial charge is 0.254 e. The van der Waals surface area contributed by atoms with Crippen molar-refractivity contribution in [2.24, 2.45) is 0 Å². The fourth-order valence-corrected chi connectivity index (χ4v) is 1.88. The summed E-state index contributed by atoms with van der Waals surface area (Å²) in [6.07, 6.45) is 1.50. The molecule has 1 aliphatic heterocycles. The van der Waals surface area contributed by atoms with Gasteiger partial charge < -0.3 is 15.2 Å². The average molecular weight is 221 g/mol. The first-order chi connectivity index (χ1) is 7.66. The fourth-order valence-electron chi connectivity index (χ4n) is 1.88. The predicted molar refractivity (Wildman–Crippen MR) is 60.4 cm³/mol. The molecule has 1 atom stereocenters. The zero-order valence-corrected chi connectivity index (χ0v) is 9.19. The third kappa shape index (κ3) is 2.30. The van der Waals surface area contributed by atoms with Gasteiger partial charge in [-0.05, 0) is 13.0 Å². The second-order valence-corrected chi connectivity index (χ2v) is 4.05. The van der Waals surface area contributed by atoms with Gasteiger partial charge in [0.25, 0.3) is 5.91 Å². The highest BCUT2D eigenvalue weighted by Gasteiger charge is 2.21. The summed E-state index contributed by atoms with van der Waals surface area (Å²) in [4.78, 5) is 27.4. The Bertz CT molecular complexity index is 441. The maximum atomic E-state index is 12.0. The van der Waals surface area contributed by atoms with Crippen LogP contribution in [0.5, 0.6) is 0 Å². The largest absolute Gasteiger partial charge is 0.336 e. The topological polar surface area (TPSA) is 65.2 Å². The minimum atomic E-state index is -0.242. The van der Waals surface area contributed by atoms with E-state index < -0.39 is 0 Å². The van der Waals surface area contributed by atoms with Crippen LogP contribution in [0.2, 0.25) is 0 Å². The molecule has 2 heterocycles. The van der Waals surface area contributed by atoms with Crippen LogP contribution in [0.25, 0.3) is 0 Å². The number of aromatic amines is 1. The first-order valence-electron chi connectivity index (χ1n) is 5.38. The number of carbonyl (C=O) groups is 1. The van der Waals surface area contributed by atoms with Crippen molar-refractivity contribution in [2.75, 3.05) is 19.6 Å². The molecular weight excluding hydrogens is 206 g/mol. The van der Waals surface area contributed by atoms with Crippen LogP contribution in [0.1, 0.15) is 17.3 Å². The van der Waals surface area contributed by atoms with Crippen molar-refractivity contribution in [3.8, 4) is 0 Å². The van der Waals surface area contributed by atoms with Crippen molar-refractivity contribution in [3.05, 3.63) is 34.2 Å². The van der Waals surface area contributed by atoms with E-state index in [1.54, 1.807) is 11.0 Å². The summed E-state index contributed by atoms with van der Waals surface area (Å²) in [7, 11) is 0. The summed E-state index contributed by atoms with van der Waals surface area (Å²) in [5.74, 6) is -0.0700. The van der Waals surface area contributed by atoms with Crippen LogP contribution in [0.15, 0.2) is 23.1 Å². The number of rotatable bonds is 1. The van der Waals surface area contributed by atoms with E-state index in [1.165, 1.54) is 12.3 Å². The number of hydrogen-bond acceptors (Lipinski definition) is 3. The van der Waals surface area contributed by atoms with Gasteiger partial charge in [-0.25, -0.2) is 0 Å². The van der Waals surface area contributed by atoms with E-state index in [2.05, 4.69) is 10.3 Å². The number of H-pyrrole nitrogens is 1. The molecule has 1 aliphatic rings. The van der Waals surface area contributed by atoms with Gasteiger partial charge in [-0.2, -0.15) is 0 Å². The van der Waals surface area contributed by atoms with Gasteiger partial charge in [-0.15, -0.1) is 0 Å². The lowest BCUT2D eigenvalue weighted by Crippen LogP contribution is -2.51. The molecule has 0 aliphatic carbocycles. The van der Waals surface area contributed by atoms with Crippen LogP contribution in [0, 0.1) is 0 Å². The molecule has 5 heteroatoms. The summed E-state index contributed by atoms with van der Waals surface area (Å²) in [5.41, 5.74) is 0.215. The summed E-state index contributed by atoms with van der Waals surface area (Å²) >= 11 is 0. The SMILES string of the molecule is C[C@H]1CN(C(=O)c2cc[nH]c(=O)c2)CCN1. The Morgan fingerprint density at radius 2 is 2.38 bits per heavy atom. The molecule has 1 aromatic rings. The normalized spacial score (nSPS) is 20.8. The molecular formula is C11H15N3O2. The maximum absolute atomic E-state index is 12.0. The van der Waals surface area contributed by atoms with Gasteiger partial charge in [-0.1, -0.05) is 0 Å². The number of pyridine rings is 1. The lowest BCUT2D eigenvalue weighted by atomic mass is 10.2. The number of carbonyl (C=O) groups excluding carboxylic acids is 1. The van der Waals surface area contributed by atoms with Gasteiger partial charge in [0.2, 0.25) is 5.56 Å². The molecule has 0 spiro atoms. The van der Waals surface area contributed by atoms with Crippen molar-refractivity contribution >= 4 is 5.91 Å². The summed E-state index contributed by atoms with van der Waals surface area (Å²) in [5, 5.41) is 3.27. The number of aromatic nitrogens is 1. The van der Waals surface area contributed by atoms with Crippen molar-refractivity contribution in [3.63, 3.8) is 0 Å². The van der Waals surface area contributed by atoms with Gasteiger partial charge in [-0.3, -0.25) is 9.59 Å². The van der Waals surface area contributed by atoms with Crippen molar-refractivity contribution < 1.29 is 4.79 Å². The molecule has 0 unspecified atom stereocenters. The summed E-state index contributed by atoms with van der Waals surface area (Å²) in [6, 6.07) is 3.28. The van der Waals surface area contributed by atoms with Crippen LogP contribution < -0.4 is 10.9 Å². The number of nitrogens with zero attached hydrogens (tertiary/aromatic N) is 1. The van der Waals surface area contributed by atoms with E-state index in [0.717, 1.165) is 6.54 Å². The highest BCUT2D eigenvalue weighted by Crippen LogP contribution is 2.05. The molecule has 16 heavy (non-hydrogen) atoms. The Morgan fingerprint density at radius 3 is 3.06 bits per heavy atom. The van der Waals surface area contributed by atoms with Gasteiger partial charge >= 0.3 is 0 Å². The first-order valence-corrected chi connectivity index (χ1v) is 5.38. The van der Waals surface area contributed by atoms with Gasteiger partial charge in [0.15, 0.2) is 0 Å². The Labute approximate surface area is 93.5 Å². The highest BCUT2D eigenvalue weighted by atomic mass is 16.2. The Morgan fingerprint density at radius 1 is 1.56 bits per heavy atom. The lowest BCUT2D eigenvalue weighted by Gasteiger charge is -2.31. The quantitative estimate of drug-likeness (QED) is 0.690. The minimum absolute atomic E-state index is 0.0700. The highest BCUT2D eigenvalue weighted by molar-refractivity contribution is 5.94. The molecule has 1 amide bonds. The minimum Gasteiger partial charge on any atom is -0.336 e. The number of nitrogens with one attached hydrogen (secondary N) is 2. The van der Waals surface area contributed by atoms with E-state index in [4.69, 9.17) is 0 Å². The third-order valence-corrected chi connectivity index (χ3v) is 2.68. The summed E-state index contributed by atoms with van der Waals surface area (Å²) in [6.45, 7) is 4.22. The van der Waals surface area contributed by atoms with E-state index in [1.807, 2.05) is 6.92 Å². The van der Waals surface area contributed by atoms with E-state index >= 15 is 0 Å². The monoisotopic (exact) mass is 221 g/mol. The average Bonchev–Trinajstić information content (AvgIpc) is 2.28. The molecule has 2 N–H and O–H groups in total. The number of hydrogen-bond donors (Lipinski definition) is 2. The van der Waals surface area contributed by atoms with Crippen molar-refractivity contribution in [2.45, 2.75) is 13.0 Å². The maximum Gasteiger partial charge on any atom is 0.254 e. The zero-order valence-electron chi connectivity index (χ0n) is 9.19. The van der Waals surface area contributed by atoms with Crippen LogP contribution in [-0.4, -0.2) is 41.5 Å². The molecule has 5 nitrogen and oxygen atoms in total. The molecule has 1 fully saturated rings. The van der Waals surface area contributed by atoms with Crippen LogP contribution in [-0.2, 0) is 0 Å². The third-order valence-electron chi connectivity index (χ3n) is 2.68. The summed E-state index contributed by atoms with van der Waals surface area (Å²) < 4.78 is 0. The van der Waals surface area contributed by atoms with E-state index in [9.17, 15) is 9.59 Å². The second kappa shape index (κ2) is 4.49. The Hall–Kier alpha value is -1.62. The van der Waals surface area contributed by atoms with Crippen LogP contribution in [0.3, 0.4) is 0 Å². The Balaban J connectivity index is 2.15. The van der Waals surface area contributed by atoms with Gasteiger partial charge in [0.1, 0.15) is 0 Å². The Kier molecular flexibility index (Phi) is 3.05. The van der Waals surface area contributed by atoms with Crippen molar-refractivity contribution in [1.29, 1.82) is 0 Å². The number of piperazine rings is 1. The van der Waals surface area contributed by atoms with Crippen molar-refractivity contribution in [1.82, 2.24) is 15.2 Å². The molecule has 0 saturated carbocycles. The van der Waals surface area contributed by atoms with E-state index in [-0.39, 0.29) is 11.5 Å². The standard InChI is InChI=1S/C11H15N3O2/c1-8-7-14(5-4-12-8)11(16)9-2-3-13-10(15)6-9/h2-3,6,8,12H,4-5,7H2,1H3,(H,13,15)/t8-/m0/s1. The van der Waals surface area contributed by atoms with Gasteiger partial charge in [0, 0.05) is 43.5 Å². The molecule has 2 rings (SSSR count). The van der Waals surface area contributed by atoms with E-state index in [0.29, 0.717) is 24.7 Å². The molecule has 0 aromatic carbocycles. The van der Waals surface area contributed by atoms with Gasteiger partial charge in [0.05, 0.1) is 0 Å². The van der Waals surface area contributed by atoms with Crippen LogP contribution >= 0.6 is 0 Å². The molecule has 0 bridgehead atoms. The second-order valence-electron chi connectivity index (χ2n) is 4.05. The fraction of sp³-hybridized carbons (Fsp3) is 0.455. The first kappa shape index (κ1) is 10.9. The van der Waals surface area contributed by atoms with Crippen LogP contribution in [0.4, 0.5) is 0 Å². The molecule has 0 radical (unpaired) electrons. The zero-order chi connectivity index (χ0) is 11.5. The molecule has 1 saturated heterocycles. The predicted octanol–water partition coefficient (Wildman–Crippen LogP) is -0.191. The lowest BCUT2D eigenvalue weighted by molar-refractivity contribution is 0.0709. The molecule has 1 aromatic heterocycles. The molecule has 86 valence electrons.